The molecule has 0 aromatic carbocycles. The molecule has 1 aromatic heterocycles. The summed E-state index contributed by atoms with van der Waals surface area (Å²) in [5.41, 5.74) is 2.32. The zero-order chi connectivity index (χ0) is 15.5. The van der Waals surface area contributed by atoms with Crippen LogP contribution in [0, 0.1) is 16.7 Å². The molecule has 1 aliphatic carbocycles. The molecular weight excluding hydrogens is 258 g/mol. The number of nitrogens with one attached hydrogen (secondary N) is 1. The third kappa shape index (κ3) is 4.09. The molecule has 1 saturated carbocycles. The van der Waals surface area contributed by atoms with Gasteiger partial charge in [0.05, 0.1) is 0 Å². The second-order valence-corrected chi connectivity index (χ2v) is 8.12. The van der Waals surface area contributed by atoms with Gasteiger partial charge in [-0.05, 0) is 68.4 Å². The fourth-order valence-electron chi connectivity index (χ4n) is 4.03. The van der Waals surface area contributed by atoms with Gasteiger partial charge in [0.15, 0.2) is 0 Å². The van der Waals surface area contributed by atoms with Crippen molar-refractivity contribution in [2.24, 2.45) is 23.8 Å². The fourth-order valence-corrected chi connectivity index (χ4v) is 4.03. The maximum atomic E-state index is 4.29. The van der Waals surface area contributed by atoms with E-state index in [1.54, 1.807) is 0 Å². The average Bonchev–Trinajstić information content (AvgIpc) is 2.82. The number of aryl methyl sites for hydroxylation is 2. The highest BCUT2D eigenvalue weighted by Gasteiger charge is 2.38. The maximum absolute atomic E-state index is 4.29. The summed E-state index contributed by atoms with van der Waals surface area (Å²) in [7, 11) is 4.15. The van der Waals surface area contributed by atoms with Gasteiger partial charge in [-0.2, -0.15) is 5.10 Å². The lowest BCUT2D eigenvalue weighted by Gasteiger charge is -2.44. The Hall–Kier alpha value is -0.830. The molecular formula is C18H33N3. The Labute approximate surface area is 130 Å². The van der Waals surface area contributed by atoms with Gasteiger partial charge in [-0.1, -0.05) is 20.8 Å². The van der Waals surface area contributed by atoms with E-state index in [-0.39, 0.29) is 0 Å². The largest absolute Gasteiger partial charge is 0.319 e. The Kier molecular flexibility index (Phi) is 5.13. The van der Waals surface area contributed by atoms with Crippen LogP contribution in [0.1, 0.15) is 58.6 Å². The van der Waals surface area contributed by atoms with Gasteiger partial charge >= 0.3 is 0 Å². The van der Waals surface area contributed by atoms with Crippen molar-refractivity contribution in [3.05, 3.63) is 18.0 Å². The minimum Gasteiger partial charge on any atom is -0.319 e. The van der Waals surface area contributed by atoms with E-state index in [1.807, 2.05) is 10.9 Å². The number of aromatic nitrogens is 2. The molecule has 0 amide bonds. The van der Waals surface area contributed by atoms with Gasteiger partial charge in [0.2, 0.25) is 0 Å². The van der Waals surface area contributed by atoms with Gasteiger partial charge < -0.3 is 5.32 Å². The molecule has 1 fully saturated rings. The first kappa shape index (κ1) is 16.5. The van der Waals surface area contributed by atoms with Crippen LogP contribution in [0.15, 0.2) is 12.3 Å². The molecule has 3 heteroatoms. The Morgan fingerprint density at radius 3 is 2.48 bits per heavy atom. The summed E-state index contributed by atoms with van der Waals surface area (Å²) in [5, 5.41) is 7.75. The first-order chi connectivity index (χ1) is 9.86. The van der Waals surface area contributed by atoms with E-state index in [0.717, 1.165) is 18.9 Å². The van der Waals surface area contributed by atoms with Gasteiger partial charge in [0, 0.05) is 25.5 Å². The molecule has 0 spiro atoms. The molecule has 0 radical (unpaired) electrons. The van der Waals surface area contributed by atoms with E-state index in [1.165, 1.54) is 37.8 Å². The predicted octanol–water partition coefficient (Wildman–Crippen LogP) is 3.79. The lowest BCUT2D eigenvalue weighted by molar-refractivity contribution is 0.0810. The molecule has 1 aliphatic rings. The zero-order valence-corrected chi connectivity index (χ0v) is 14.6. The van der Waals surface area contributed by atoms with Gasteiger partial charge in [-0.15, -0.1) is 0 Å². The lowest BCUT2D eigenvalue weighted by Crippen LogP contribution is -2.39. The minimum absolute atomic E-state index is 0.466. The van der Waals surface area contributed by atoms with Crippen LogP contribution in [0.2, 0.25) is 0 Å². The van der Waals surface area contributed by atoms with Gasteiger partial charge in [0.25, 0.3) is 0 Å². The van der Waals surface area contributed by atoms with Crippen molar-refractivity contribution in [2.45, 2.75) is 59.3 Å². The number of hydrogen-bond donors (Lipinski definition) is 1. The smallest absolute Gasteiger partial charge is 0.0492 e. The molecule has 0 saturated heterocycles. The summed E-state index contributed by atoms with van der Waals surface area (Å²) in [6.45, 7) is 8.36. The maximum Gasteiger partial charge on any atom is 0.0492 e. The van der Waals surface area contributed by atoms with Crippen LogP contribution in [0.5, 0.6) is 0 Å². The summed E-state index contributed by atoms with van der Waals surface area (Å²) in [6, 6.07) is 2.16. The molecule has 21 heavy (non-hydrogen) atoms. The van der Waals surface area contributed by atoms with E-state index in [4.69, 9.17) is 0 Å². The van der Waals surface area contributed by atoms with Crippen molar-refractivity contribution in [3.8, 4) is 0 Å². The van der Waals surface area contributed by atoms with Crippen molar-refractivity contribution in [2.75, 3.05) is 13.6 Å². The topological polar surface area (TPSA) is 29.9 Å². The van der Waals surface area contributed by atoms with Crippen molar-refractivity contribution in [1.82, 2.24) is 15.1 Å². The van der Waals surface area contributed by atoms with Crippen molar-refractivity contribution >= 4 is 0 Å². The first-order valence-electron chi connectivity index (χ1n) is 8.48. The highest BCUT2D eigenvalue weighted by atomic mass is 15.2. The van der Waals surface area contributed by atoms with Crippen LogP contribution in [0.4, 0.5) is 0 Å². The summed E-state index contributed by atoms with van der Waals surface area (Å²) in [4.78, 5) is 0. The van der Waals surface area contributed by atoms with E-state index < -0.39 is 0 Å². The normalized spacial score (nSPS) is 27.0. The van der Waals surface area contributed by atoms with E-state index in [0.29, 0.717) is 10.8 Å². The molecule has 0 atom stereocenters. The summed E-state index contributed by atoms with van der Waals surface area (Å²) < 4.78 is 2.02. The van der Waals surface area contributed by atoms with E-state index in [9.17, 15) is 0 Å². The molecule has 3 nitrogen and oxygen atoms in total. The lowest BCUT2D eigenvalue weighted by atomic mass is 9.62. The fraction of sp³-hybridized carbons (Fsp3) is 0.833. The average molecular weight is 291 g/mol. The molecule has 0 unspecified atom stereocenters. The van der Waals surface area contributed by atoms with Crippen molar-refractivity contribution < 1.29 is 0 Å². The highest BCUT2D eigenvalue weighted by Crippen LogP contribution is 2.47. The van der Waals surface area contributed by atoms with Gasteiger partial charge in [-0.3, -0.25) is 4.68 Å². The van der Waals surface area contributed by atoms with Gasteiger partial charge in [0.1, 0.15) is 0 Å². The molecule has 120 valence electrons. The van der Waals surface area contributed by atoms with Gasteiger partial charge in [-0.25, -0.2) is 0 Å². The Morgan fingerprint density at radius 2 is 2.00 bits per heavy atom. The second kappa shape index (κ2) is 6.51. The highest BCUT2D eigenvalue weighted by molar-refractivity contribution is 5.02. The quantitative estimate of drug-likeness (QED) is 0.894. The van der Waals surface area contributed by atoms with Crippen LogP contribution >= 0.6 is 0 Å². The zero-order valence-electron chi connectivity index (χ0n) is 14.6. The number of hydrogen-bond acceptors (Lipinski definition) is 2. The Morgan fingerprint density at radius 1 is 1.33 bits per heavy atom. The third-order valence-corrected chi connectivity index (χ3v) is 5.66. The third-order valence-electron chi connectivity index (χ3n) is 5.66. The summed E-state index contributed by atoms with van der Waals surface area (Å²) in [5.74, 6) is 0.888. The van der Waals surface area contributed by atoms with Crippen LogP contribution in [0.25, 0.3) is 0 Å². The summed E-state index contributed by atoms with van der Waals surface area (Å²) >= 11 is 0. The number of rotatable bonds is 5. The van der Waals surface area contributed by atoms with Crippen molar-refractivity contribution in [1.29, 1.82) is 0 Å². The number of nitrogens with zero attached hydrogens (tertiary/aromatic N) is 2. The monoisotopic (exact) mass is 291 g/mol. The van der Waals surface area contributed by atoms with Crippen LogP contribution in [-0.2, 0) is 13.5 Å². The summed E-state index contributed by atoms with van der Waals surface area (Å²) in [6.07, 6.45) is 9.85. The van der Waals surface area contributed by atoms with E-state index >= 15 is 0 Å². The standard InChI is InChI=1S/C18H33N3/c1-17(2,3)15-6-10-18(11-7-15,14-19-4)12-8-16-9-13-20-21(16)5/h9,13,15,19H,6-8,10-12,14H2,1-5H3. The first-order valence-corrected chi connectivity index (χ1v) is 8.48. The molecule has 0 aliphatic heterocycles. The Balaban J connectivity index is 1.97. The predicted molar refractivity (Wildman–Crippen MR) is 89.3 cm³/mol. The molecule has 1 heterocycles. The molecule has 2 rings (SSSR count). The molecule has 1 aromatic rings. The Bertz CT molecular complexity index is 434. The van der Waals surface area contributed by atoms with Crippen LogP contribution < -0.4 is 5.32 Å². The molecule has 0 bridgehead atoms. The minimum atomic E-state index is 0.466. The second-order valence-electron chi connectivity index (χ2n) is 8.12. The van der Waals surface area contributed by atoms with Crippen molar-refractivity contribution in [3.63, 3.8) is 0 Å². The van der Waals surface area contributed by atoms with Crippen LogP contribution in [-0.4, -0.2) is 23.4 Å². The SMILES string of the molecule is CNCC1(CCc2ccnn2C)CCC(C(C)(C)C)CC1. The molecule has 1 N–H and O–H groups in total. The van der Waals surface area contributed by atoms with E-state index in [2.05, 4.69) is 51.3 Å². The van der Waals surface area contributed by atoms with Crippen LogP contribution in [0.3, 0.4) is 0 Å².